The molecular weight excluding hydrogens is 1320 g/mol. The highest BCUT2D eigenvalue weighted by Gasteiger charge is 2.41. The predicted octanol–water partition coefficient (Wildman–Crippen LogP) is 1.47. The van der Waals surface area contributed by atoms with Gasteiger partial charge in [0.05, 0.1) is 24.1 Å². The standard InChI is InChI=1S/C68H94N14O17S/c1-9-37(6)57(66(96)82-26-14-16-52(82)65(95)75-39(8)67(97)98)81-64(94)51(33-84)80-60(90)47(15-13-25-72-68(69)70)77-61(91)49(28-36(4)5)79-62(92)48(27-35(2)3)78-58(88)38(7)74-63(93)50(32-83)76-55(87)17-11-10-12-24-71-59(89)46-29-40(73-34-100)18-21-43(46)56-44-22-19-41(85)30-53(44)99-54-31-42(86)20-23-45(54)56/h18-23,29-31,35-39,47-52,57,83-85H,9-17,24-28,32-33H2,1-8H3,(H,71,89)(H,74,93)(H,75,95)(H,76,87)(H,77,91)(H,78,88)(H,79,92)(H,80,90)(H,81,94)(H,97,98)(H4,69,70,72)/t37-,38-,39-,47-,48-,49-,50-,51-,52-,57-/m0/s1. The zero-order valence-electron chi connectivity index (χ0n) is 57.4. The minimum absolute atomic E-state index is 0.000314. The number of thiocarbonyl (C=S) groups is 1. The third kappa shape index (κ3) is 23.6. The average Bonchev–Trinajstić information content (AvgIpc) is 0.875. The molecule has 100 heavy (non-hydrogen) atoms. The highest BCUT2D eigenvalue weighted by Crippen LogP contribution is 2.42. The Morgan fingerprint density at radius 1 is 0.680 bits per heavy atom. The molecule has 32 heteroatoms. The first kappa shape index (κ1) is 80.8. The zero-order chi connectivity index (χ0) is 74.1. The van der Waals surface area contributed by atoms with Crippen molar-refractivity contribution in [1.82, 2.24) is 52.8 Å². The van der Waals surface area contributed by atoms with Gasteiger partial charge in [0.1, 0.15) is 71.5 Å². The van der Waals surface area contributed by atoms with Gasteiger partial charge in [-0.3, -0.25) is 62.5 Å². The number of nitrogens with two attached hydrogens (primary N) is 2. The second kappa shape index (κ2) is 39.0. The summed E-state index contributed by atoms with van der Waals surface area (Å²) in [5.41, 5.74) is 13.1. The van der Waals surface area contributed by atoms with E-state index in [1.807, 2.05) is 0 Å². The predicted molar refractivity (Wildman–Crippen MR) is 373 cm³/mol. The molecule has 0 aromatic heterocycles. The highest BCUT2D eigenvalue weighted by molar-refractivity contribution is 7.78. The van der Waals surface area contributed by atoms with Crippen LogP contribution in [0.2, 0.25) is 0 Å². The molecule has 0 bridgehead atoms. The Kier molecular flexibility index (Phi) is 31.5. The van der Waals surface area contributed by atoms with Crippen molar-refractivity contribution in [2.24, 2.45) is 39.2 Å². The molecule has 2 heterocycles. The number of hydrogen-bond donors (Lipinski definition) is 15. The fourth-order valence-electron chi connectivity index (χ4n) is 11.2. The number of aliphatic imine (C=N–C) groups is 2. The Morgan fingerprint density at radius 2 is 1.28 bits per heavy atom. The molecule has 0 spiro atoms. The molecular formula is C68H94N14O17S. The molecule has 1 fully saturated rings. The van der Waals surface area contributed by atoms with Gasteiger partial charge in [0.2, 0.25) is 53.2 Å². The number of phenolic OH excluding ortho intramolecular Hbond substituents is 1. The zero-order valence-corrected chi connectivity index (χ0v) is 58.3. The number of benzene rings is 3. The van der Waals surface area contributed by atoms with Crippen LogP contribution in [0.1, 0.15) is 136 Å². The molecule has 31 nitrogen and oxygen atoms in total. The van der Waals surface area contributed by atoms with Gasteiger partial charge in [-0.25, -0.2) is 0 Å². The minimum atomic E-state index is -1.69. The molecule has 3 aliphatic rings. The summed E-state index contributed by atoms with van der Waals surface area (Å²) in [5, 5.41) is 66.4. The Morgan fingerprint density at radius 3 is 1.90 bits per heavy atom. The van der Waals surface area contributed by atoms with Crippen LogP contribution in [-0.4, -0.2) is 189 Å². The smallest absolute Gasteiger partial charge is 0.325 e. The Balaban J connectivity index is 1.18. The average molecular weight is 1410 g/mol. The first-order valence-corrected chi connectivity index (χ1v) is 33.7. The summed E-state index contributed by atoms with van der Waals surface area (Å²) >= 11 is 4.82. The van der Waals surface area contributed by atoms with Crippen LogP contribution < -0.4 is 64.7 Å². The van der Waals surface area contributed by atoms with Gasteiger partial charge < -0.3 is 89.1 Å². The number of aliphatic hydroxyl groups is 2. The van der Waals surface area contributed by atoms with Crippen molar-refractivity contribution in [1.29, 1.82) is 0 Å². The van der Waals surface area contributed by atoms with Crippen LogP contribution in [0.5, 0.6) is 5.75 Å². The van der Waals surface area contributed by atoms with Crippen molar-refractivity contribution in [3.8, 4) is 28.2 Å². The number of carbonyl (C=O) groups is 11. The molecule has 5 rings (SSSR count). The van der Waals surface area contributed by atoms with Crippen LogP contribution >= 0.6 is 12.2 Å². The lowest BCUT2D eigenvalue weighted by molar-refractivity contribution is -0.145. The number of unbranched alkanes of at least 4 members (excludes halogenated alkanes) is 2. The molecule has 0 unspecified atom stereocenters. The van der Waals surface area contributed by atoms with E-state index in [1.165, 1.54) is 43.0 Å². The van der Waals surface area contributed by atoms with Crippen molar-refractivity contribution in [2.75, 3.05) is 32.8 Å². The Hall–Kier alpha value is -9.91. The number of fused-ring (bicyclic) bond motifs is 2. The summed E-state index contributed by atoms with van der Waals surface area (Å²) in [6.07, 6.45) is 2.12. The molecule has 17 N–H and O–H groups in total. The van der Waals surface area contributed by atoms with E-state index in [0.717, 1.165) is 0 Å². The van der Waals surface area contributed by atoms with E-state index in [-0.39, 0.29) is 104 Å². The SMILES string of the molecule is CC[C@H](C)[C@H](NC(=O)[C@H](CO)NC(=O)[C@H](CCCN=C(N)N)NC(=O)[C@H](CC(C)C)NC(=O)[C@H](CC(C)C)NC(=O)[C@H](C)NC(=O)[C@H](CO)NC(=O)CCCCCNC(=O)c1cc(N=C=S)ccc1-c1c2ccc(=O)cc-2oc2cc(O)ccc12)C(=O)N1CCC[C@H]1C(=O)N[C@@H](C)C(=O)O. The number of hydrogen-bond acceptors (Lipinski definition) is 19. The van der Waals surface area contributed by atoms with Gasteiger partial charge in [0.25, 0.3) is 5.91 Å². The number of carbonyl (C=O) groups excluding carboxylic acids is 10. The maximum atomic E-state index is 14.3. The second-order valence-corrected chi connectivity index (χ2v) is 25.8. The molecule has 0 radical (unpaired) electrons. The van der Waals surface area contributed by atoms with Gasteiger partial charge >= 0.3 is 5.97 Å². The largest absolute Gasteiger partial charge is 0.508 e. The van der Waals surface area contributed by atoms with Crippen LogP contribution in [-0.2, 0) is 47.9 Å². The van der Waals surface area contributed by atoms with E-state index in [0.29, 0.717) is 59.9 Å². The number of phenols is 1. The quantitative estimate of drug-likeness (QED) is 0.00993. The number of isothiocyanates is 1. The van der Waals surface area contributed by atoms with Crippen molar-refractivity contribution in [3.63, 3.8) is 0 Å². The number of aliphatic carboxylic acids is 1. The van der Waals surface area contributed by atoms with Crippen molar-refractivity contribution in [3.05, 3.63) is 70.4 Å². The van der Waals surface area contributed by atoms with Crippen LogP contribution in [0.4, 0.5) is 5.69 Å². The van der Waals surface area contributed by atoms with Gasteiger partial charge in [-0.15, -0.1) is 0 Å². The van der Waals surface area contributed by atoms with E-state index < -0.39 is 139 Å². The number of likely N-dealkylation sites (tertiary alicyclic amines) is 1. The molecule has 10 atom stereocenters. The van der Waals surface area contributed by atoms with E-state index in [9.17, 15) is 78.0 Å². The van der Waals surface area contributed by atoms with Crippen molar-refractivity contribution in [2.45, 2.75) is 180 Å². The molecule has 544 valence electrons. The summed E-state index contributed by atoms with van der Waals surface area (Å²) < 4.78 is 5.99. The van der Waals surface area contributed by atoms with Crippen LogP contribution in [0.15, 0.2) is 73.8 Å². The second-order valence-electron chi connectivity index (χ2n) is 25.6. The molecule has 10 amide bonds. The lowest BCUT2D eigenvalue weighted by Crippen LogP contribution is -2.61. The Labute approximate surface area is 584 Å². The lowest BCUT2D eigenvalue weighted by Gasteiger charge is -2.32. The lowest BCUT2D eigenvalue weighted by atomic mass is 9.90. The van der Waals surface area contributed by atoms with Gasteiger partial charge in [-0.05, 0) is 137 Å². The summed E-state index contributed by atoms with van der Waals surface area (Å²) in [6.45, 7) is 11.6. The van der Waals surface area contributed by atoms with Gasteiger partial charge in [0.15, 0.2) is 11.4 Å². The third-order valence-corrected chi connectivity index (χ3v) is 16.8. The number of carboxylic acid groups (broad SMARTS) is 1. The molecule has 0 saturated carbocycles. The maximum Gasteiger partial charge on any atom is 0.325 e. The molecule has 2 aromatic rings. The molecule has 1 saturated heterocycles. The molecule has 2 aromatic carbocycles. The highest BCUT2D eigenvalue weighted by atomic mass is 32.1. The van der Waals surface area contributed by atoms with Gasteiger partial charge in [-0.2, -0.15) is 4.99 Å². The topological polar surface area (TPSA) is 487 Å². The minimum Gasteiger partial charge on any atom is -0.508 e. The number of amides is 10. The fraction of sp³-hybridized carbons (Fsp3) is 0.529. The number of aromatic hydroxyl groups is 1. The summed E-state index contributed by atoms with van der Waals surface area (Å²) in [6, 6.07) is 1.57. The fourth-order valence-corrected chi connectivity index (χ4v) is 11.3. The summed E-state index contributed by atoms with van der Waals surface area (Å²) in [7, 11) is 0. The van der Waals surface area contributed by atoms with Crippen LogP contribution in [0.3, 0.4) is 0 Å². The third-order valence-electron chi connectivity index (χ3n) is 16.7. The van der Waals surface area contributed by atoms with E-state index in [4.69, 9.17) is 28.1 Å². The number of aliphatic hydroxyl groups excluding tert-OH is 2. The number of carboxylic acids is 1. The molecule has 1 aliphatic carbocycles. The first-order chi connectivity index (χ1) is 47.4. The van der Waals surface area contributed by atoms with E-state index in [2.05, 4.69) is 63.0 Å². The number of nitrogens with one attached hydrogen (secondary N) is 9. The summed E-state index contributed by atoms with van der Waals surface area (Å²) in [4.78, 5) is 171. The van der Waals surface area contributed by atoms with E-state index in [1.54, 1.807) is 71.9 Å². The molecule has 2 aliphatic heterocycles. The van der Waals surface area contributed by atoms with Crippen molar-refractivity contribution >= 4 is 105 Å². The number of nitrogens with zero attached hydrogens (tertiary/aromatic N) is 3. The van der Waals surface area contributed by atoms with Crippen LogP contribution in [0, 0.1) is 17.8 Å². The normalized spacial score (nSPS) is 15.4. The maximum absolute atomic E-state index is 14.3. The summed E-state index contributed by atoms with van der Waals surface area (Å²) in [5.74, 6) is -10.1. The monoisotopic (exact) mass is 1410 g/mol. The van der Waals surface area contributed by atoms with Gasteiger partial charge in [0, 0.05) is 60.3 Å². The van der Waals surface area contributed by atoms with Gasteiger partial charge in [-0.1, -0.05) is 60.5 Å². The number of rotatable bonds is 38. The van der Waals surface area contributed by atoms with Crippen molar-refractivity contribution < 1.29 is 77.6 Å². The Bertz CT molecular complexity index is 3700. The van der Waals surface area contributed by atoms with Crippen LogP contribution in [0.25, 0.3) is 33.4 Å². The number of guanidine groups is 1. The van der Waals surface area contributed by atoms with E-state index >= 15 is 0 Å². The first-order valence-electron chi connectivity index (χ1n) is 33.3.